The molecule has 1 amide bonds. The molecule has 1 aliphatic rings. The Bertz CT molecular complexity index is 609. The number of benzene rings is 2. The van der Waals surface area contributed by atoms with Gasteiger partial charge < -0.3 is 11.1 Å². The van der Waals surface area contributed by atoms with Crippen LogP contribution >= 0.6 is 0 Å². The SMILES string of the molecule is NC(=O)Cc1ccc(NCC2Cc3ccccc3C2)cc1. The molecule has 0 saturated heterocycles. The molecule has 0 atom stereocenters. The van der Waals surface area contributed by atoms with Crippen LogP contribution in [0.4, 0.5) is 5.69 Å². The highest BCUT2D eigenvalue weighted by molar-refractivity contribution is 5.76. The molecule has 3 N–H and O–H groups in total. The van der Waals surface area contributed by atoms with Crippen LogP contribution in [0.25, 0.3) is 0 Å². The van der Waals surface area contributed by atoms with Crippen molar-refractivity contribution in [2.45, 2.75) is 19.3 Å². The lowest BCUT2D eigenvalue weighted by Gasteiger charge is -2.12. The standard InChI is InChI=1S/C18H20N2O/c19-18(21)11-13-5-7-17(8-6-13)20-12-14-9-15-3-1-2-4-16(15)10-14/h1-8,14,20H,9-12H2,(H2,19,21). The van der Waals surface area contributed by atoms with Crippen LogP contribution in [-0.4, -0.2) is 12.5 Å². The predicted octanol–water partition coefficient (Wildman–Crippen LogP) is 2.54. The molecule has 0 fully saturated rings. The average Bonchev–Trinajstić information content (AvgIpc) is 2.89. The fraction of sp³-hybridized carbons (Fsp3) is 0.278. The van der Waals surface area contributed by atoms with Gasteiger partial charge in [0.1, 0.15) is 0 Å². The summed E-state index contributed by atoms with van der Waals surface area (Å²) in [6, 6.07) is 16.6. The van der Waals surface area contributed by atoms with E-state index in [1.807, 2.05) is 24.3 Å². The lowest BCUT2D eigenvalue weighted by Crippen LogP contribution is -2.15. The predicted molar refractivity (Wildman–Crippen MR) is 85.2 cm³/mol. The molecule has 0 saturated carbocycles. The number of carbonyl (C=O) groups excluding carboxylic acids is 1. The van der Waals surface area contributed by atoms with Crippen LogP contribution in [0.1, 0.15) is 16.7 Å². The van der Waals surface area contributed by atoms with Crippen LogP contribution in [0.3, 0.4) is 0 Å². The van der Waals surface area contributed by atoms with Crippen LogP contribution in [-0.2, 0) is 24.1 Å². The maximum atomic E-state index is 10.9. The molecule has 0 aromatic heterocycles. The van der Waals surface area contributed by atoms with Crippen molar-refractivity contribution in [2.75, 3.05) is 11.9 Å². The zero-order valence-corrected chi connectivity index (χ0v) is 12.0. The second-order valence-corrected chi connectivity index (χ2v) is 5.76. The van der Waals surface area contributed by atoms with Crippen molar-refractivity contribution in [1.29, 1.82) is 0 Å². The fourth-order valence-electron chi connectivity index (χ4n) is 3.00. The highest BCUT2D eigenvalue weighted by Crippen LogP contribution is 2.26. The molecule has 3 rings (SSSR count). The van der Waals surface area contributed by atoms with E-state index in [1.165, 1.54) is 11.1 Å². The van der Waals surface area contributed by atoms with Crippen molar-refractivity contribution >= 4 is 11.6 Å². The van der Waals surface area contributed by atoms with Gasteiger partial charge in [0.2, 0.25) is 5.91 Å². The van der Waals surface area contributed by atoms with Gasteiger partial charge in [0.25, 0.3) is 0 Å². The molecule has 3 nitrogen and oxygen atoms in total. The van der Waals surface area contributed by atoms with Gasteiger partial charge in [-0.3, -0.25) is 4.79 Å². The Hall–Kier alpha value is -2.29. The Kier molecular flexibility index (Phi) is 3.91. The first-order valence-corrected chi connectivity index (χ1v) is 7.38. The van der Waals surface area contributed by atoms with Gasteiger partial charge in [-0.1, -0.05) is 36.4 Å². The Morgan fingerprint density at radius 3 is 2.24 bits per heavy atom. The van der Waals surface area contributed by atoms with E-state index in [4.69, 9.17) is 5.73 Å². The smallest absolute Gasteiger partial charge is 0.221 e. The Morgan fingerprint density at radius 1 is 1.05 bits per heavy atom. The number of amides is 1. The molecule has 0 unspecified atom stereocenters. The summed E-state index contributed by atoms with van der Waals surface area (Å²) in [6.07, 6.45) is 2.62. The van der Waals surface area contributed by atoms with Gasteiger partial charge in [-0.25, -0.2) is 0 Å². The Morgan fingerprint density at radius 2 is 1.67 bits per heavy atom. The fourth-order valence-corrected chi connectivity index (χ4v) is 3.00. The summed E-state index contributed by atoms with van der Waals surface area (Å²) in [6.45, 7) is 0.976. The Balaban J connectivity index is 1.53. The molecule has 2 aromatic rings. The topological polar surface area (TPSA) is 55.1 Å². The van der Waals surface area contributed by atoms with Crippen LogP contribution < -0.4 is 11.1 Å². The normalized spacial score (nSPS) is 13.9. The molecule has 0 heterocycles. The van der Waals surface area contributed by atoms with E-state index >= 15 is 0 Å². The van der Waals surface area contributed by atoms with E-state index in [0.29, 0.717) is 12.3 Å². The van der Waals surface area contributed by atoms with Crippen molar-refractivity contribution in [3.8, 4) is 0 Å². The van der Waals surface area contributed by atoms with E-state index < -0.39 is 0 Å². The van der Waals surface area contributed by atoms with Gasteiger partial charge in [-0.15, -0.1) is 0 Å². The minimum absolute atomic E-state index is 0.292. The highest BCUT2D eigenvalue weighted by Gasteiger charge is 2.20. The second-order valence-electron chi connectivity index (χ2n) is 5.76. The monoisotopic (exact) mass is 280 g/mol. The highest BCUT2D eigenvalue weighted by atomic mass is 16.1. The first-order valence-electron chi connectivity index (χ1n) is 7.38. The van der Waals surface area contributed by atoms with Crippen LogP contribution in [0.2, 0.25) is 0 Å². The van der Waals surface area contributed by atoms with E-state index in [9.17, 15) is 4.79 Å². The number of carbonyl (C=O) groups is 1. The minimum atomic E-state index is -0.292. The third-order valence-corrected chi connectivity index (χ3v) is 4.06. The van der Waals surface area contributed by atoms with Crippen molar-refractivity contribution in [2.24, 2.45) is 11.7 Å². The zero-order chi connectivity index (χ0) is 14.7. The molecule has 2 aromatic carbocycles. The number of hydrogen-bond donors (Lipinski definition) is 2. The van der Waals surface area contributed by atoms with E-state index in [2.05, 4.69) is 29.6 Å². The zero-order valence-electron chi connectivity index (χ0n) is 12.0. The molecular weight excluding hydrogens is 260 g/mol. The molecule has 0 bridgehead atoms. The average molecular weight is 280 g/mol. The summed E-state index contributed by atoms with van der Waals surface area (Å²) in [4.78, 5) is 10.9. The second kappa shape index (κ2) is 6.00. The molecule has 21 heavy (non-hydrogen) atoms. The van der Waals surface area contributed by atoms with Crippen LogP contribution in [0.15, 0.2) is 48.5 Å². The number of nitrogens with one attached hydrogen (secondary N) is 1. The summed E-state index contributed by atoms with van der Waals surface area (Å²) in [7, 11) is 0. The first-order chi connectivity index (χ1) is 10.2. The van der Waals surface area contributed by atoms with Crippen molar-refractivity contribution in [1.82, 2.24) is 0 Å². The van der Waals surface area contributed by atoms with E-state index in [0.717, 1.165) is 30.6 Å². The summed E-state index contributed by atoms with van der Waals surface area (Å²) < 4.78 is 0. The quantitative estimate of drug-likeness (QED) is 0.884. The molecule has 0 spiro atoms. The van der Waals surface area contributed by atoms with Gasteiger partial charge in [0.05, 0.1) is 6.42 Å². The maximum absolute atomic E-state index is 10.9. The molecule has 0 radical (unpaired) electrons. The van der Waals surface area contributed by atoms with Gasteiger partial charge in [0, 0.05) is 12.2 Å². The summed E-state index contributed by atoms with van der Waals surface area (Å²) in [5, 5.41) is 3.49. The lowest BCUT2D eigenvalue weighted by atomic mass is 10.1. The van der Waals surface area contributed by atoms with Gasteiger partial charge >= 0.3 is 0 Å². The number of hydrogen-bond acceptors (Lipinski definition) is 2. The van der Waals surface area contributed by atoms with Gasteiger partial charge in [0.15, 0.2) is 0 Å². The summed E-state index contributed by atoms with van der Waals surface area (Å²) in [5.74, 6) is 0.368. The molecule has 3 heteroatoms. The molecular formula is C18H20N2O. The number of anilines is 1. The van der Waals surface area contributed by atoms with Crippen LogP contribution in [0, 0.1) is 5.92 Å². The number of primary amides is 1. The largest absolute Gasteiger partial charge is 0.385 e. The summed E-state index contributed by atoms with van der Waals surface area (Å²) in [5.41, 5.74) is 10.2. The van der Waals surface area contributed by atoms with Gasteiger partial charge in [-0.05, 0) is 47.6 Å². The third-order valence-electron chi connectivity index (χ3n) is 4.06. The molecule has 1 aliphatic carbocycles. The first kappa shape index (κ1) is 13.7. The van der Waals surface area contributed by atoms with Gasteiger partial charge in [-0.2, -0.15) is 0 Å². The minimum Gasteiger partial charge on any atom is -0.385 e. The van der Waals surface area contributed by atoms with E-state index in [1.54, 1.807) is 0 Å². The molecule has 108 valence electrons. The van der Waals surface area contributed by atoms with E-state index in [-0.39, 0.29) is 5.91 Å². The summed E-state index contributed by atoms with van der Waals surface area (Å²) >= 11 is 0. The van der Waals surface area contributed by atoms with Crippen molar-refractivity contribution in [3.63, 3.8) is 0 Å². The van der Waals surface area contributed by atoms with Crippen molar-refractivity contribution < 1.29 is 4.79 Å². The third kappa shape index (κ3) is 3.43. The maximum Gasteiger partial charge on any atom is 0.221 e. The molecule has 0 aliphatic heterocycles. The Labute approximate surface area is 125 Å². The van der Waals surface area contributed by atoms with Crippen LogP contribution in [0.5, 0.6) is 0 Å². The number of rotatable bonds is 5. The number of nitrogens with two attached hydrogens (primary N) is 1. The van der Waals surface area contributed by atoms with Crippen molar-refractivity contribution in [3.05, 3.63) is 65.2 Å². The lowest BCUT2D eigenvalue weighted by molar-refractivity contribution is -0.117. The number of fused-ring (bicyclic) bond motifs is 1.